The number of ether oxygens (including phenoxy) is 1. The molecular weight excluding hydrogens is 420 g/mol. The molecule has 1 fully saturated rings. The summed E-state index contributed by atoms with van der Waals surface area (Å²) in [6.45, 7) is 1.34. The first-order valence-corrected chi connectivity index (χ1v) is 11.3. The summed E-state index contributed by atoms with van der Waals surface area (Å²) in [6, 6.07) is 17.7. The number of carbonyl (C=O) groups is 1. The highest BCUT2D eigenvalue weighted by molar-refractivity contribution is 7.99. The number of nitrogens with one attached hydrogen (secondary N) is 1. The molecule has 3 aromatic rings. The molecule has 0 aliphatic carbocycles. The van der Waals surface area contributed by atoms with E-state index in [1.165, 1.54) is 11.8 Å². The molecule has 4 rings (SSSR count). The Bertz CT molecular complexity index is 973. The van der Waals surface area contributed by atoms with Crippen LogP contribution in [0.2, 0.25) is 5.02 Å². The van der Waals surface area contributed by atoms with E-state index in [1.807, 2.05) is 47.0 Å². The Labute approximate surface area is 185 Å². The van der Waals surface area contributed by atoms with Crippen LogP contribution in [0, 0.1) is 0 Å². The first-order valence-electron chi connectivity index (χ1n) is 9.94. The summed E-state index contributed by atoms with van der Waals surface area (Å²) in [5.41, 5.74) is 2.06. The van der Waals surface area contributed by atoms with E-state index >= 15 is 0 Å². The second kappa shape index (κ2) is 10.1. The molecule has 1 aliphatic heterocycles. The predicted molar refractivity (Wildman–Crippen MR) is 118 cm³/mol. The number of nitrogens with zero attached hydrogens (tertiary/aromatic N) is 3. The SMILES string of the molecule is O=C(CSc1nnc(Cc2ccccc2)n1-c1ccc(Cl)cc1)NC[C@H]1CCCO1. The summed E-state index contributed by atoms with van der Waals surface area (Å²) in [6.07, 6.45) is 2.83. The van der Waals surface area contributed by atoms with Crippen LogP contribution in [0.4, 0.5) is 0 Å². The van der Waals surface area contributed by atoms with Crippen LogP contribution in [0.3, 0.4) is 0 Å². The number of halogens is 1. The van der Waals surface area contributed by atoms with Crippen LogP contribution in [-0.2, 0) is 16.0 Å². The van der Waals surface area contributed by atoms with Crippen LogP contribution in [0.1, 0.15) is 24.2 Å². The van der Waals surface area contributed by atoms with Crippen LogP contribution in [0.25, 0.3) is 5.69 Å². The van der Waals surface area contributed by atoms with Crippen molar-refractivity contribution in [2.75, 3.05) is 18.9 Å². The molecule has 0 spiro atoms. The fourth-order valence-electron chi connectivity index (χ4n) is 3.35. The number of rotatable bonds is 8. The van der Waals surface area contributed by atoms with Gasteiger partial charge >= 0.3 is 0 Å². The van der Waals surface area contributed by atoms with Gasteiger partial charge in [0, 0.05) is 30.3 Å². The highest BCUT2D eigenvalue weighted by Crippen LogP contribution is 2.24. The molecule has 156 valence electrons. The maximum Gasteiger partial charge on any atom is 0.230 e. The lowest BCUT2D eigenvalue weighted by molar-refractivity contribution is -0.119. The number of hydrogen-bond acceptors (Lipinski definition) is 5. The lowest BCUT2D eigenvalue weighted by Crippen LogP contribution is -2.32. The first-order chi connectivity index (χ1) is 14.7. The average molecular weight is 443 g/mol. The third kappa shape index (κ3) is 5.41. The van der Waals surface area contributed by atoms with E-state index in [4.69, 9.17) is 16.3 Å². The molecule has 0 saturated carbocycles. The molecule has 2 heterocycles. The van der Waals surface area contributed by atoms with Crippen molar-refractivity contribution >= 4 is 29.3 Å². The molecule has 6 nitrogen and oxygen atoms in total. The Hall–Kier alpha value is -2.35. The minimum atomic E-state index is -0.0363. The number of thioether (sulfide) groups is 1. The van der Waals surface area contributed by atoms with E-state index in [1.54, 1.807) is 0 Å². The van der Waals surface area contributed by atoms with E-state index in [-0.39, 0.29) is 17.8 Å². The molecule has 1 aliphatic rings. The maximum atomic E-state index is 12.3. The third-order valence-electron chi connectivity index (χ3n) is 4.87. The van der Waals surface area contributed by atoms with Crippen molar-refractivity contribution in [3.63, 3.8) is 0 Å². The fourth-order valence-corrected chi connectivity index (χ4v) is 4.28. The van der Waals surface area contributed by atoms with E-state index < -0.39 is 0 Å². The van der Waals surface area contributed by atoms with Crippen molar-refractivity contribution in [1.82, 2.24) is 20.1 Å². The van der Waals surface area contributed by atoms with Crippen LogP contribution in [0.5, 0.6) is 0 Å². The molecule has 0 bridgehead atoms. The van der Waals surface area contributed by atoms with E-state index in [0.717, 1.165) is 36.5 Å². The van der Waals surface area contributed by atoms with Crippen molar-refractivity contribution < 1.29 is 9.53 Å². The molecule has 1 saturated heterocycles. The van der Waals surface area contributed by atoms with Crippen molar-refractivity contribution in [3.8, 4) is 5.69 Å². The van der Waals surface area contributed by atoms with Gasteiger partial charge in [-0.3, -0.25) is 9.36 Å². The second-order valence-corrected chi connectivity index (χ2v) is 8.48. The van der Waals surface area contributed by atoms with Gasteiger partial charge in [-0.05, 0) is 42.7 Å². The summed E-state index contributed by atoms with van der Waals surface area (Å²) < 4.78 is 7.54. The fraction of sp³-hybridized carbons (Fsp3) is 0.318. The predicted octanol–water partition coefficient (Wildman–Crippen LogP) is 3.90. The van der Waals surface area contributed by atoms with Crippen molar-refractivity contribution in [2.24, 2.45) is 0 Å². The molecular formula is C22H23ClN4O2S. The average Bonchev–Trinajstić information content (AvgIpc) is 3.42. The second-order valence-electron chi connectivity index (χ2n) is 7.10. The van der Waals surface area contributed by atoms with Crippen LogP contribution < -0.4 is 5.32 Å². The van der Waals surface area contributed by atoms with Gasteiger partial charge in [0.05, 0.1) is 11.9 Å². The zero-order chi connectivity index (χ0) is 20.8. The van der Waals surface area contributed by atoms with Gasteiger partial charge in [0.2, 0.25) is 5.91 Å². The van der Waals surface area contributed by atoms with Crippen LogP contribution in [0.15, 0.2) is 59.8 Å². The largest absolute Gasteiger partial charge is 0.376 e. The summed E-state index contributed by atoms with van der Waals surface area (Å²) in [4.78, 5) is 12.3. The molecule has 1 N–H and O–H groups in total. The topological polar surface area (TPSA) is 69.0 Å². The van der Waals surface area contributed by atoms with E-state index in [9.17, 15) is 4.79 Å². The lowest BCUT2D eigenvalue weighted by Gasteiger charge is -2.12. The monoisotopic (exact) mass is 442 g/mol. The van der Waals surface area contributed by atoms with E-state index in [0.29, 0.717) is 23.1 Å². The van der Waals surface area contributed by atoms with Crippen LogP contribution in [-0.4, -0.2) is 45.7 Å². The first kappa shape index (κ1) is 20.9. The Morgan fingerprint density at radius 3 is 2.70 bits per heavy atom. The summed E-state index contributed by atoms with van der Waals surface area (Å²) in [7, 11) is 0. The number of amides is 1. The lowest BCUT2D eigenvalue weighted by atomic mass is 10.1. The van der Waals surface area contributed by atoms with Gasteiger partial charge in [-0.1, -0.05) is 53.7 Å². The molecule has 1 amide bonds. The zero-order valence-electron chi connectivity index (χ0n) is 16.5. The van der Waals surface area contributed by atoms with Gasteiger partial charge in [-0.2, -0.15) is 0 Å². The minimum absolute atomic E-state index is 0.0363. The molecule has 2 aromatic carbocycles. The smallest absolute Gasteiger partial charge is 0.230 e. The maximum absolute atomic E-state index is 12.3. The number of carbonyl (C=O) groups excluding carboxylic acids is 1. The highest BCUT2D eigenvalue weighted by Gasteiger charge is 2.18. The number of hydrogen-bond donors (Lipinski definition) is 1. The quantitative estimate of drug-likeness (QED) is 0.536. The van der Waals surface area contributed by atoms with Crippen LogP contribution >= 0.6 is 23.4 Å². The van der Waals surface area contributed by atoms with Gasteiger partial charge in [0.25, 0.3) is 0 Å². The Balaban J connectivity index is 1.48. The van der Waals surface area contributed by atoms with Gasteiger partial charge < -0.3 is 10.1 Å². The van der Waals surface area contributed by atoms with Crippen molar-refractivity contribution in [3.05, 3.63) is 71.0 Å². The standard InChI is InChI=1S/C22H23ClN4O2S/c23-17-8-10-18(11-9-17)27-20(13-16-5-2-1-3-6-16)25-26-22(27)30-15-21(28)24-14-19-7-4-12-29-19/h1-3,5-6,8-11,19H,4,7,12-15H2,(H,24,28)/t19-/m1/s1. The van der Waals surface area contributed by atoms with Gasteiger partial charge in [-0.15, -0.1) is 10.2 Å². The summed E-state index contributed by atoms with van der Waals surface area (Å²) in [5.74, 6) is 1.04. The van der Waals surface area contributed by atoms with Gasteiger partial charge in [0.15, 0.2) is 5.16 Å². The van der Waals surface area contributed by atoms with Gasteiger partial charge in [0.1, 0.15) is 5.82 Å². The molecule has 8 heteroatoms. The van der Waals surface area contributed by atoms with Crippen molar-refractivity contribution in [2.45, 2.75) is 30.5 Å². The molecule has 30 heavy (non-hydrogen) atoms. The van der Waals surface area contributed by atoms with E-state index in [2.05, 4.69) is 27.6 Å². The Morgan fingerprint density at radius 1 is 1.17 bits per heavy atom. The van der Waals surface area contributed by atoms with Gasteiger partial charge in [-0.25, -0.2) is 0 Å². The number of benzene rings is 2. The molecule has 1 atom stereocenters. The normalized spacial score (nSPS) is 16.0. The third-order valence-corrected chi connectivity index (χ3v) is 6.05. The number of aromatic nitrogens is 3. The summed E-state index contributed by atoms with van der Waals surface area (Å²) in [5, 5.41) is 13.1. The molecule has 1 aromatic heterocycles. The zero-order valence-corrected chi connectivity index (χ0v) is 18.0. The molecule has 0 unspecified atom stereocenters. The molecule has 0 radical (unpaired) electrons. The highest BCUT2D eigenvalue weighted by atomic mass is 35.5. The Kier molecular flexibility index (Phi) is 7.04. The summed E-state index contributed by atoms with van der Waals surface area (Å²) >= 11 is 7.44. The van der Waals surface area contributed by atoms with Crippen molar-refractivity contribution in [1.29, 1.82) is 0 Å². The Morgan fingerprint density at radius 2 is 1.97 bits per heavy atom. The minimum Gasteiger partial charge on any atom is -0.376 e.